The predicted molar refractivity (Wildman–Crippen MR) is 42.5 cm³/mol. The fraction of sp³-hybridized carbons (Fsp3) is 0.667. The summed E-state index contributed by atoms with van der Waals surface area (Å²) in [5.74, 6) is 0.534. The van der Waals surface area contributed by atoms with Gasteiger partial charge in [0, 0.05) is 0 Å². The third-order valence-corrected chi connectivity index (χ3v) is 2.25. The van der Waals surface area contributed by atoms with Crippen molar-refractivity contribution in [2.75, 3.05) is 7.11 Å². The van der Waals surface area contributed by atoms with Crippen molar-refractivity contribution in [3.63, 3.8) is 0 Å². The van der Waals surface area contributed by atoms with Gasteiger partial charge in [0.15, 0.2) is 0 Å². The normalized spacial score (nSPS) is 30.4. The predicted octanol–water partition coefficient (Wildman–Crippen LogP) is 1.61. The number of hydrogen-bond acceptors (Lipinski definition) is 2. The first kappa shape index (κ1) is 8.57. The van der Waals surface area contributed by atoms with Gasteiger partial charge in [-0.2, -0.15) is 0 Å². The summed E-state index contributed by atoms with van der Waals surface area (Å²) in [5, 5.41) is 0. The SMILES string of the molecule is [CH2]CC1C[CH]C(C(=O)OC)C1. The maximum absolute atomic E-state index is 11.0. The quantitative estimate of drug-likeness (QED) is 0.565. The average molecular weight is 154 g/mol. The van der Waals surface area contributed by atoms with Crippen molar-refractivity contribution in [2.24, 2.45) is 11.8 Å². The van der Waals surface area contributed by atoms with E-state index in [1.54, 1.807) is 0 Å². The van der Waals surface area contributed by atoms with Gasteiger partial charge in [0.25, 0.3) is 0 Å². The zero-order valence-electron chi connectivity index (χ0n) is 6.88. The van der Waals surface area contributed by atoms with Gasteiger partial charge in [-0.05, 0) is 25.2 Å². The highest BCUT2D eigenvalue weighted by Gasteiger charge is 2.29. The minimum absolute atomic E-state index is 0.0340. The molecule has 2 nitrogen and oxygen atoms in total. The molecule has 2 unspecified atom stereocenters. The molecular weight excluding hydrogens is 140 g/mol. The molecule has 0 aromatic carbocycles. The Morgan fingerprint density at radius 1 is 1.82 bits per heavy atom. The van der Waals surface area contributed by atoms with Crippen molar-refractivity contribution in [3.8, 4) is 0 Å². The summed E-state index contributed by atoms with van der Waals surface area (Å²) in [7, 11) is 1.44. The zero-order valence-corrected chi connectivity index (χ0v) is 6.88. The summed E-state index contributed by atoms with van der Waals surface area (Å²) < 4.78 is 4.64. The number of hydrogen-bond donors (Lipinski definition) is 0. The minimum atomic E-state index is -0.0963. The van der Waals surface area contributed by atoms with Crippen LogP contribution < -0.4 is 0 Å². The van der Waals surface area contributed by atoms with Crippen LogP contribution >= 0.6 is 0 Å². The van der Waals surface area contributed by atoms with Crippen LogP contribution in [0.2, 0.25) is 0 Å². The topological polar surface area (TPSA) is 26.3 Å². The number of rotatable bonds is 2. The summed E-state index contributed by atoms with van der Waals surface area (Å²) >= 11 is 0. The lowest BCUT2D eigenvalue weighted by molar-refractivity contribution is -0.144. The van der Waals surface area contributed by atoms with Crippen molar-refractivity contribution in [1.82, 2.24) is 0 Å². The van der Waals surface area contributed by atoms with E-state index in [9.17, 15) is 4.79 Å². The van der Waals surface area contributed by atoms with Gasteiger partial charge in [0.1, 0.15) is 0 Å². The Labute approximate surface area is 67.9 Å². The van der Waals surface area contributed by atoms with Crippen LogP contribution in [0.1, 0.15) is 19.3 Å². The maximum Gasteiger partial charge on any atom is 0.308 e. The molecule has 1 rings (SSSR count). The first-order chi connectivity index (χ1) is 5.27. The standard InChI is InChI=1S/C9H14O2/c1-3-7-4-5-8(6-7)9(10)11-2/h5,7-8H,1,3-4,6H2,2H3. The van der Waals surface area contributed by atoms with Crippen molar-refractivity contribution >= 4 is 5.97 Å². The summed E-state index contributed by atoms with van der Waals surface area (Å²) in [6.45, 7) is 3.82. The Morgan fingerprint density at radius 2 is 2.55 bits per heavy atom. The minimum Gasteiger partial charge on any atom is -0.469 e. The first-order valence-electron chi connectivity index (χ1n) is 3.98. The summed E-state index contributed by atoms with van der Waals surface area (Å²) in [6.07, 6.45) is 4.91. The maximum atomic E-state index is 11.0. The molecule has 0 aromatic heterocycles. The van der Waals surface area contributed by atoms with E-state index >= 15 is 0 Å². The molecule has 1 saturated carbocycles. The Bertz CT molecular complexity index is 142. The zero-order chi connectivity index (χ0) is 8.27. The van der Waals surface area contributed by atoms with Crippen LogP contribution in [0.3, 0.4) is 0 Å². The van der Waals surface area contributed by atoms with Crippen LogP contribution in [-0.4, -0.2) is 13.1 Å². The van der Waals surface area contributed by atoms with Gasteiger partial charge in [-0.3, -0.25) is 4.79 Å². The van der Waals surface area contributed by atoms with Crippen molar-refractivity contribution < 1.29 is 9.53 Å². The highest BCUT2D eigenvalue weighted by Crippen LogP contribution is 2.32. The van der Waals surface area contributed by atoms with E-state index in [0.29, 0.717) is 5.92 Å². The lowest BCUT2D eigenvalue weighted by Crippen LogP contribution is -2.13. The summed E-state index contributed by atoms with van der Waals surface area (Å²) in [6, 6.07) is 0. The van der Waals surface area contributed by atoms with Gasteiger partial charge in [0.2, 0.25) is 0 Å². The molecule has 0 aliphatic heterocycles. The number of ether oxygens (including phenoxy) is 1. The van der Waals surface area contributed by atoms with E-state index in [0.717, 1.165) is 19.3 Å². The van der Waals surface area contributed by atoms with Gasteiger partial charge >= 0.3 is 5.97 Å². The van der Waals surface area contributed by atoms with Gasteiger partial charge in [-0.1, -0.05) is 13.3 Å². The molecule has 0 saturated heterocycles. The van der Waals surface area contributed by atoms with E-state index in [1.807, 2.05) is 6.42 Å². The van der Waals surface area contributed by atoms with Crippen molar-refractivity contribution in [2.45, 2.75) is 19.3 Å². The summed E-state index contributed by atoms with van der Waals surface area (Å²) in [4.78, 5) is 11.0. The molecule has 0 amide bonds. The van der Waals surface area contributed by atoms with Crippen LogP contribution in [0.25, 0.3) is 0 Å². The molecule has 2 radical (unpaired) electrons. The Kier molecular flexibility index (Phi) is 2.92. The van der Waals surface area contributed by atoms with Crippen LogP contribution in [-0.2, 0) is 9.53 Å². The number of carbonyl (C=O) groups excluding carboxylic acids is 1. The molecule has 0 spiro atoms. The monoisotopic (exact) mass is 154 g/mol. The van der Waals surface area contributed by atoms with Gasteiger partial charge < -0.3 is 4.74 Å². The van der Waals surface area contributed by atoms with Crippen LogP contribution in [0.15, 0.2) is 0 Å². The van der Waals surface area contributed by atoms with Crippen LogP contribution in [0.5, 0.6) is 0 Å². The van der Waals surface area contributed by atoms with E-state index in [-0.39, 0.29) is 11.9 Å². The molecule has 11 heavy (non-hydrogen) atoms. The molecule has 0 aromatic rings. The largest absolute Gasteiger partial charge is 0.469 e. The van der Waals surface area contributed by atoms with E-state index in [1.165, 1.54) is 7.11 Å². The fourth-order valence-electron chi connectivity index (χ4n) is 1.49. The smallest absolute Gasteiger partial charge is 0.308 e. The van der Waals surface area contributed by atoms with E-state index in [4.69, 9.17) is 0 Å². The van der Waals surface area contributed by atoms with Gasteiger partial charge in [-0.15, -0.1) is 0 Å². The number of methoxy groups -OCH3 is 1. The fourth-order valence-corrected chi connectivity index (χ4v) is 1.49. The molecule has 0 N–H and O–H groups in total. The lowest BCUT2D eigenvalue weighted by atomic mass is 10.0. The van der Waals surface area contributed by atoms with Crippen molar-refractivity contribution in [3.05, 3.63) is 13.3 Å². The molecule has 2 atom stereocenters. The molecule has 1 aliphatic rings. The number of esters is 1. The summed E-state index contributed by atoms with van der Waals surface area (Å²) in [5.41, 5.74) is 0. The molecule has 62 valence electrons. The highest BCUT2D eigenvalue weighted by atomic mass is 16.5. The molecule has 1 aliphatic carbocycles. The average Bonchev–Trinajstić information content (AvgIpc) is 2.50. The van der Waals surface area contributed by atoms with Crippen LogP contribution in [0.4, 0.5) is 0 Å². The third kappa shape index (κ3) is 1.95. The molecule has 0 heterocycles. The van der Waals surface area contributed by atoms with E-state index < -0.39 is 0 Å². The number of carbonyl (C=O) groups is 1. The second kappa shape index (κ2) is 3.74. The molecular formula is C9H14O2. The lowest BCUT2D eigenvalue weighted by Gasteiger charge is -2.06. The van der Waals surface area contributed by atoms with Crippen molar-refractivity contribution in [1.29, 1.82) is 0 Å². The molecule has 1 fully saturated rings. The molecule has 2 heteroatoms. The second-order valence-corrected chi connectivity index (χ2v) is 2.99. The van der Waals surface area contributed by atoms with Crippen LogP contribution in [0, 0.1) is 25.2 Å². The van der Waals surface area contributed by atoms with E-state index in [2.05, 4.69) is 11.7 Å². The Morgan fingerprint density at radius 3 is 3.00 bits per heavy atom. The highest BCUT2D eigenvalue weighted by molar-refractivity contribution is 5.74. The Balaban J connectivity index is 2.35. The molecule has 0 bridgehead atoms. The van der Waals surface area contributed by atoms with Gasteiger partial charge in [0.05, 0.1) is 13.0 Å². The Hall–Kier alpha value is -0.530. The second-order valence-electron chi connectivity index (χ2n) is 2.99. The van der Waals surface area contributed by atoms with Gasteiger partial charge in [-0.25, -0.2) is 0 Å². The first-order valence-corrected chi connectivity index (χ1v) is 3.98. The third-order valence-electron chi connectivity index (χ3n) is 2.25.